The van der Waals surface area contributed by atoms with Crippen molar-refractivity contribution >= 4 is 0 Å². The van der Waals surface area contributed by atoms with Crippen molar-refractivity contribution in [1.29, 1.82) is 0 Å². The molecular formula is C14H28N2O. The van der Waals surface area contributed by atoms with Crippen molar-refractivity contribution in [2.75, 3.05) is 26.7 Å². The van der Waals surface area contributed by atoms with E-state index in [9.17, 15) is 0 Å². The third-order valence-corrected chi connectivity index (χ3v) is 4.57. The van der Waals surface area contributed by atoms with Crippen molar-refractivity contribution in [1.82, 2.24) is 4.90 Å². The summed E-state index contributed by atoms with van der Waals surface area (Å²) in [7, 11) is 2.28. The van der Waals surface area contributed by atoms with Gasteiger partial charge in [0.25, 0.3) is 0 Å². The molecule has 0 aromatic rings. The Morgan fingerprint density at radius 1 is 1.29 bits per heavy atom. The van der Waals surface area contributed by atoms with E-state index in [0.717, 1.165) is 19.2 Å². The van der Waals surface area contributed by atoms with Crippen LogP contribution in [0.2, 0.25) is 0 Å². The van der Waals surface area contributed by atoms with Gasteiger partial charge in [-0.15, -0.1) is 0 Å². The van der Waals surface area contributed by atoms with Crippen LogP contribution in [0.5, 0.6) is 0 Å². The van der Waals surface area contributed by atoms with E-state index in [1.54, 1.807) is 0 Å². The van der Waals surface area contributed by atoms with Crippen LogP contribution in [-0.4, -0.2) is 43.3 Å². The van der Waals surface area contributed by atoms with Crippen LogP contribution in [0.25, 0.3) is 0 Å². The summed E-state index contributed by atoms with van der Waals surface area (Å²) in [4.78, 5) is 2.55. The lowest BCUT2D eigenvalue weighted by Gasteiger charge is -2.49. The zero-order valence-electron chi connectivity index (χ0n) is 11.3. The van der Waals surface area contributed by atoms with Gasteiger partial charge in [0.15, 0.2) is 0 Å². The van der Waals surface area contributed by atoms with Gasteiger partial charge in [0.1, 0.15) is 0 Å². The summed E-state index contributed by atoms with van der Waals surface area (Å²) in [6.45, 7) is 3.03. The highest BCUT2D eigenvalue weighted by Crippen LogP contribution is 2.43. The molecule has 0 aromatic heterocycles. The van der Waals surface area contributed by atoms with Gasteiger partial charge in [-0.25, -0.2) is 0 Å². The third kappa shape index (κ3) is 3.43. The van der Waals surface area contributed by atoms with Crippen LogP contribution < -0.4 is 5.73 Å². The summed E-state index contributed by atoms with van der Waals surface area (Å²) >= 11 is 0. The Bertz CT molecular complexity index is 228. The maximum absolute atomic E-state index is 5.98. The molecule has 1 heterocycles. The molecule has 1 saturated heterocycles. The van der Waals surface area contributed by atoms with Crippen molar-refractivity contribution in [3.63, 3.8) is 0 Å². The highest BCUT2D eigenvalue weighted by molar-refractivity contribution is 4.96. The SMILES string of the molecule is CN(CCCCCN)C1CCOC2(CCC2)C1. The van der Waals surface area contributed by atoms with Crippen LogP contribution in [0.15, 0.2) is 0 Å². The predicted molar refractivity (Wildman–Crippen MR) is 71.1 cm³/mol. The Labute approximate surface area is 106 Å². The topological polar surface area (TPSA) is 38.5 Å². The highest BCUT2D eigenvalue weighted by Gasteiger charge is 2.43. The van der Waals surface area contributed by atoms with Gasteiger partial charge in [-0.2, -0.15) is 0 Å². The summed E-state index contributed by atoms with van der Waals surface area (Å²) in [5.41, 5.74) is 5.81. The summed E-state index contributed by atoms with van der Waals surface area (Å²) in [6, 6.07) is 0.752. The minimum atomic E-state index is 0.286. The molecule has 3 heteroatoms. The minimum Gasteiger partial charge on any atom is -0.375 e. The number of hydrogen-bond acceptors (Lipinski definition) is 3. The van der Waals surface area contributed by atoms with Gasteiger partial charge in [-0.1, -0.05) is 6.42 Å². The van der Waals surface area contributed by atoms with Crippen molar-refractivity contribution in [3.8, 4) is 0 Å². The molecule has 2 N–H and O–H groups in total. The first kappa shape index (κ1) is 13.3. The largest absolute Gasteiger partial charge is 0.375 e. The average Bonchev–Trinajstić information content (AvgIpc) is 2.32. The number of rotatable bonds is 6. The van der Waals surface area contributed by atoms with E-state index < -0.39 is 0 Å². The van der Waals surface area contributed by atoms with Crippen molar-refractivity contribution < 1.29 is 4.74 Å². The second-order valence-corrected chi connectivity index (χ2v) is 5.86. The third-order valence-electron chi connectivity index (χ3n) is 4.57. The number of hydrogen-bond donors (Lipinski definition) is 1. The average molecular weight is 240 g/mol. The lowest BCUT2D eigenvalue weighted by Crippen LogP contribution is -2.51. The lowest BCUT2D eigenvalue weighted by molar-refractivity contribution is -0.146. The molecule has 1 aliphatic heterocycles. The van der Waals surface area contributed by atoms with E-state index in [-0.39, 0.29) is 5.60 Å². The Hall–Kier alpha value is -0.120. The summed E-state index contributed by atoms with van der Waals surface area (Å²) < 4.78 is 5.98. The highest BCUT2D eigenvalue weighted by atomic mass is 16.5. The Kier molecular flexibility index (Phi) is 4.83. The molecule has 100 valence electrons. The fourth-order valence-corrected chi connectivity index (χ4v) is 3.16. The molecule has 2 aliphatic rings. The number of nitrogens with two attached hydrogens (primary N) is 1. The molecular weight excluding hydrogens is 212 g/mol. The Balaban J connectivity index is 1.69. The second kappa shape index (κ2) is 6.17. The smallest absolute Gasteiger partial charge is 0.0697 e. The first-order valence-electron chi connectivity index (χ1n) is 7.30. The normalized spacial score (nSPS) is 27.4. The predicted octanol–water partition coefficient (Wildman–Crippen LogP) is 2.15. The quantitative estimate of drug-likeness (QED) is 0.723. The molecule has 1 unspecified atom stereocenters. The van der Waals surface area contributed by atoms with Crippen LogP contribution in [0.4, 0.5) is 0 Å². The van der Waals surface area contributed by atoms with E-state index in [0.29, 0.717) is 0 Å². The maximum atomic E-state index is 5.98. The molecule has 0 radical (unpaired) electrons. The van der Waals surface area contributed by atoms with Gasteiger partial charge >= 0.3 is 0 Å². The molecule has 0 bridgehead atoms. The van der Waals surface area contributed by atoms with Crippen LogP contribution >= 0.6 is 0 Å². The molecule has 2 rings (SSSR count). The number of ether oxygens (including phenoxy) is 1. The van der Waals surface area contributed by atoms with Crippen LogP contribution in [0.1, 0.15) is 51.4 Å². The molecule has 1 spiro atoms. The van der Waals surface area contributed by atoms with E-state index >= 15 is 0 Å². The van der Waals surface area contributed by atoms with Gasteiger partial charge < -0.3 is 15.4 Å². The van der Waals surface area contributed by atoms with E-state index in [2.05, 4.69) is 11.9 Å². The van der Waals surface area contributed by atoms with Gasteiger partial charge in [0.2, 0.25) is 0 Å². The van der Waals surface area contributed by atoms with Gasteiger partial charge in [0.05, 0.1) is 5.60 Å². The van der Waals surface area contributed by atoms with Crippen LogP contribution in [0, 0.1) is 0 Å². The molecule has 2 fully saturated rings. The van der Waals surface area contributed by atoms with E-state index in [1.165, 1.54) is 57.9 Å². The second-order valence-electron chi connectivity index (χ2n) is 5.86. The van der Waals surface area contributed by atoms with Gasteiger partial charge in [-0.05, 0) is 65.1 Å². The molecule has 1 atom stereocenters. The molecule has 3 nitrogen and oxygen atoms in total. The van der Waals surface area contributed by atoms with E-state index in [1.807, 2.05) is 0 Å². The molecule has 1 saturated carbocycles. The molecule has 17 heavy (non-hydrogen) atoms. The first-order chi connectivity index (χ1) is 8.26. The van der Waals surface area contributed by atoms with Crippen molar-refractivity contribution in [2.24, 2.45) is 5.73 Å². The Morgan fingerprint density at radius 2 is 2.12 bits per heavy atom. The lowest BCUT2D eigenvalue weighted by atomic mass is 9.73. The zero-order chi connectivity index (χ0) is 12.1. The van der Waals surface area contributed by atoms with E-state index in [4.69, 9.17) is 10.5 Å². The Morgan fingerprint density at radius 3 is 2.76 bits per heavy atom. The number of nitrogens with zero attached hydrogens (tertiary/aromatic N) is 1. The van der Waals surface area contributed by atoms with Crippen molar-refractivity contribution in [3.05, 3.63) is 0 Å². The fraction of sp³-hybridized carbons (Fsp3) is 1.00. The fourth-order valence-electron chi connectivity index (χ4n) is 3.16. The zero-order valence-corrected chi connectivity index (χ0v) is 11.3. The van der Waals surface area contributed by atoms with Gasteiger partial charge in [0, 0.05) is 12.6 Å². The monoisotopic (exact) mass is 240 g/mol. The van der Waals surface area contributed by atoms with Gasteiger partial charge in [-0.3, -0.25) is 0 Å². The van der Waals surface area contributed by atoms with Crippen LogP contribution in [-0.2, 0) is 4.74 Å². The summed E-state index contributed by atoms with van der Waals surface area (Å²) in [5.74, 6) is 0. The summed E-state index contributed by atoms with van der Waals surface area (Å²) in [5, 5.41) is 0. The molecule has 0 aromatic carbocycles. The number of unbranched alkanes of at least 4 members (excludes halogenated alkanes) is 2. The standard InChI is InChI=1S/C14H28N2O/c1-16(10-4-2-3-9-15)13-6-11-17-14(12-13)7-5-8-14/h13H,2-12,15H2,1H3. The maximum Gasteiger partial charge on any atom is 0.0697 e. The molecule has 1 aliphatic carbocycles. The minimum absolute atomic E-state index is 0.286. The summed E-state index contributed by atoms with van der Waals surface area (Å²) in [6.07, 6.45) is 10.2. The van der Waals surface area contributed by atoms with Crippen LogP contribution in [0.3, 0.4) is 0 Å². The first-order valence-corrected chi connectivity index (χ1v) is 7.30. The van der Waals surface area contributed by atoms with Crippen molar-refractivity contribution in [2.45, 2.75) is 63.0 Å². The molecule has 0 amide bonds.